The van der Waals surface area contributed by atoms with Gasteiger partial charge >= 0.3 is 6.03 Å². The van der Waals surface area contributed by atoms with E-state index in [1.807, 2.05) is 28.8 Å². The molecule has 1 aliphatic rings. The number of fused-ring (bicyclic) bond motifs is 1. The highest BCUT2D eigenvalue weighted by molar-refractivity contribution is 5.91. The Balaban J connectivity index is 1.61. The van der Waals surface area contributed by atoms with Crippen LogP contribution in [0, 0.1) is 17.1 Å². The SMILES string of the molecule is CN(C)C(=O)N(C)Cc1ccc(-c2c(-c3ccc(C#N)cc3)nc(N3CCC(N(C)C)CC3)n3ccnc23)cc1F. The third kappa shape index (κ3) is 5.58. The van der Waals surface area contributed by atoms with E-state index >= 15 is 4.39 Å². The summed E-state index contributed by atoms with van der Waals surface area (Å²) in [4.78, 5) is 29.7. The molecular weight excluding hydrogens is 519 g/mol. The summed E-state index contributed by atoms with van der Waals surface area (Å²) in [6.45, 7) is 1.86. The predicted octanol–water partition coefficient (Wildman–Crippen LogP) is 4.72. The lowest BCUT2D eigenvalue weighted by atomic mass is 9.98. The zero-order valence-corrected chi connectivity index (χ0v) is 24.2. The van der Waals surface area contributed by atoms with Gasteiger partial charge in [-0.05, 0) is 50.7 Å². The molecule has 4 aromatic rings. The number of benzene rings is 2. The lowest BCUT2D eigenvalue weighted by molar-refractivity contribution is 0.179. The Bertz CT molecular complexity index is 1600. The standard InChI is InChI=1S/C31H35FN8O/c1-36(2)25-12-15-39(16-13-25)30-35-28(22-8-6-21(19-33)7-9-22)27(29-34-14-17-40(29)30)23-10-11-24(26(32)18-23)20-38(5)31(41)37(3)4/h6-11,14,17-18,25H,12-13,15-16,20H2,1-5H3. The second kappa shape index (κ2) is 11.6. The van der Waals surface area contributed by atoms with Crippen LogP contribution in [0.25, 0.3) is 28.0 Å². The lowest BCUT2D eigenvalue weighted by Gasteiger charge is -2.36. The highest BCUT2D eigenvalue weighted by Crippen LogP contribution is 2.37. The van der Waals surface area contributed by atoms with Gasteiger partial charge in [-0.1, -0.05) is 24.3 Å². The summed E-state index contributed by atoms with van der Waals surface area (Å²) in [6, 6.07) is 14.8. The molecule has 3 heterocycles. The van der Waals surface area contributed by atoms with Crippen molar-refractivity contribution in [2.24, 2.45) is 0 Å². The van der Waals surface area contributed by atoms with Crippen molar-refractivity contribution < 1.29 is 9.18 Å². The smallest absolute Gasteiger partial charge is 0.319 e. The fourth-order valence-corrected chi connectivity index (χ4v) is 5.44. The second-order valence-electron chi connectivity index (χ2n) is 11.0. The van der Waals surface area contributed by atoms with Crippen molar-refractivity contribution in [2.75, 3.05) is 53.2 Å². The summed E-state index contributed by atoms with van der Waals surface area (Å²) in [6.07, 6.45) is 5.69. The van der Waals surface area contributed by atoms with Crippen molar-refractivity contribution in [2.45, 2.75) is 25.4 Å². The summed E-state index contributed by atoms with van der Waals surface area (Å²) in [5.74, 6) is 0.380. The molecule has 0 bridgehead atoms. The van der Waals surface area contributed by atoms with Gasteiger partial charge in [-0.25, -0.2) is 19.2 Å². The van der Waals surface area contributed by atoms with Crippen LogP contribution in [-0.2, 0) is 6.54 Å². The molecule has 0 N–H and O–H groups in total. The third-order valence-electron chi connectivity index (χ3n) is 7.75. The largest absolute Gasteiger partial charge is 0.342 e. The number of imidazole rings is 1. The van der Waals surface area contributed by atoms with Crippen LogP contribution >= 0.6 is 0 Å². The van der Waals surface area contributed by atoms with Crippen molar-refractivity contribution in [1.29, 1.82) is 5.26 Å². The van der Waals surface area contributed by atoms with Gasteiger partial charge in [-0.2, -0.15) is 5.26 Å². The van der Waals surface area contributed by atoms with E-state index in [0.29, 0.717) is 39.6 Å². The minimum atomic E-state index is -0.411. The van der Waals surface area contributed by atoms with E-state index in [1.54, 1.807) is 45.5 Å². The number of carbonyl (C=O) groups is 1. The zero-order valence-electron chi connectivity index (χ0n) is 24.2. The Morgan fingerprint density at radius 3 is 2.34 bits per heavy atom. The molecule has 0 radical (unpaired) electrons. The van der Waals surface area contributed by atoms with Crippen LogP contribution in [0.2, 0.25) is 0 Å². The van der Waals surface area contributed by atoms with Gasteiger partial charge in [0, 0.05) is 70.3 Å². The number of rotatable bonds is 6. The third-order valence-corrected chi connectivity index (χ3v) is 7.75. The number of hydrogen-bond donors (Lipinski definition) is 0. The molecule has 0 unspecified atom stereocenters. The van der Waals surface area contributed by atoms with Crippen molar-refractivity contribution in [1.82, 2.24) is 29.1 Å². The second-order valence-corrected chi connectivity index (χ2v) is 11.0. The van der Waals surface area contributed by atoms with Gasteiger partial charge in [0.05, 0.1) is 22.9 Å². The first kappa shape index (κ1) is 28.1. The van der Waals surface area contributed by atoms with E-state index in [4.69, 9.17) is 9.97 Å². The normalized spacial score (nSPS) is 14.0. The van der Waals surface area contributed by atoms with Crippen LogP contribution in [0.4, 0.5) is 15.1 Å². The Hall–Kier alpha value is -4.49. The molecule has 0 spiro atoms. The van der Waals surface area contributed by atoms with E-state index in [9.17, 15) is 10.1 Å². The predicted molar refractivity (Wildman–Crippen MR) is 158 cm³/mol. The van der Waals surface area contributed by atoms with Crippen LogP contribution in [0.5, 0.6) is 0 Å². The maximum atomic E-state index is 15.5. The van der Waals surface area contributed by atoms with E-state index in [0.717, 1.165) is 37.4 Å². The van der Waals surface area contributed by atoms with Crippen LogP contribution in [0.1, 0.15) is 24.0 Å². The van der Waals surface area contributed by atoms with Gasteiger partial charge in [-0.15, -0.1) is 0 Å². The Morgan fingerprint density at radius 2 is 1.73 bits per heavy atom. The number of amides is 2. The molecule has 0 atom stereocenters. The summed E-state index contributed by atoms with van der Waals surface area (Å²) in [7, 11) is 9.22. The Morgan fingerprint density at radius 1 is 1.05 bits per heavy atom. The van der Waals surface area contributed by atoms with Crippen LogP contribution in [-0.4, -0.2) is 89.5 Å². The number of hydrogen-bond acceptors (Lipinski definition) is 6. The van der Waals surface area contributed by atoms with Crippen LogP contribution in [0.15, 0.2) is 54.9 Å². The average molecular weight is 555 g/mol. The molecule has 0 saturated carbocycles. The number of carbonyl (C=O) groups excluding carboxylic acids is 1. The van der Waals surface area contributed by atoms with Crippen molar-refractivity contribution >= 4 is 17.6 Å². The Labute approximate surface area is 240 Å². The molecule has 10 heteroatoms. The highest BCUT2D eigenvalue weighted by atomic mass is 19.1. The molecule has 0 aliphatic carbocycles. The first-order valence-electron chi connectivity index (χ1n) is 13.7. The number of urea groups is 1. The number of nitriles is 1. The minimum Gasteiger partial charge on any atom is -0.342 e. The van der Waals surface area contributed by atoms with Gasteiger partial charge in [0.1, 0.15) is 11.5 Å². The first-order chi connectivity index (χ1) is 19.7. The quantitative estimate of drug-likeness (QED) is 0.343. The lowest BCUT2D eigenvalue weighted by Crippen LogP contribution is -2.43. The van der Waals surface area contributed by atoms with E-state index in [-0.39, 0.29) is 12.6 Å². The summed E-state index contributed by atoms with van der Waals surface area (Å²) in [5, 5.41) is 9.35. The van der Waals surface area contributed by atoms with Crippen molar-refractivity contribution in [3.05, 3.63) is 71.8 Å². The summed E-state index contributed by atoms with van der Waals surface area (Å²) >= 11 is 0. The van der Waals surface area contributed by atoms with E-state index < -0.39 is 5.82 Å². The highest BCUT2D eigenvalue weighted by Gasteiger charge is 2.26. The number of nitrogens with zero attached hydrogens (tertiary/aromatic N) is 8. The fraction of sp³-hybridized carbons (Fsp3) is 0.355. The first-order valence-corrected chi connectivity index (χ1v) is 13.7. The van der Waals surface area contributed by atoms with Crippen molar-refractivity contribution in [3.63, 3.8) is 0 Å². The zero-order chi connectivity index (χ0) is 29.3. The summed E-state index contributed by atoms with van der Waals surface area (Å²) < 4.78 is 17.5. The molecule has 9 nitrogen and oxygen atoms in total. The molecule has 1 saturated heterocycles. The monoisotopic (exact) mass is 554 g/mol. The molecular formula is C31H35FN8O. The van der Waals surface area contributed by atoms with Gasteiger partial charge in [0.15, 0.2) is 0 Å². The average Bonchev–Trinajstić information content (AvgIpc) is 3.47. The number of piperidine rings is 1. The molecule has 1 fully saturated rings. The molecule has 41 heavy (non-hydrogen) atoms. The molecule has 2 amide bonds. The molecule has 1 aliphatic heterocycles. The van der Waals surface area contributed by atoms with E-state index in [1.165, 1.54) is 15.9 Å². The van der Waals surface area contributed by atoms with Crippen LogP contribution < -0.4 is 4.90 Å². The topological polar surface area (TPSA) is 84.0 Å². The number of aromatic nitrogens is 3. The maximum absolute atomic E-state index is 15.5. The van der Waals surface area contributed by atoms with Gasteiger partial charge < -0.3 is 19.6 Å². The molecule has 212 valence electrons. The van der Waals surface area contributed by atoms with Gasteiger partial charge in [0.2, 0.25) is 5.95 Å². The molecule has 5 rings (SSSR count). The van der Waals surface area contributed by atoms with Gasteiger partial charge in [-0.3, -0.25) is 4.40 Å². The number of anilines is 1. The fourth-order valence-electron chi connectivity index (χ4n) is 5.44. The van der Waals surface area contributed by atoms with E-state index in [2.05, 4.69) is 30.0 Å². The molecule has 2 aromatic heterocycles. The van der Waals surface area contributed by atoms with Crippen LogP contribution in [0.3, 0.4) is 0 Å². The minimum absolute atomic E-state index is 0.143. The molecule has 2 aromatic carbocycles. The Kier molecular flexibility index (Phi) is 7.90. The van der Waals surface area contributed by atoms with Crippen molar-refractivity contribution in [3.8, 4) is 28.5 Å². The van der Waals surface area contributed by atoms with Gasteiger partial charge in [0.25, 0.3) is 0 Å². The summed E-state index contributed by atoms with van der Waals surface area (Å²) in [5.41, 5.74) is 4.47. The number of halogens is 1. The maximum Gasteiger partial charge on any atom is 0.319 e.